The van der Waals surface area contributed by atoms with Crippen LogP contribution in [0.2, 0.25) is 0 Å². The molecule has 0 spiro atoms. The Labute approximate surface area is 125 Å². The molecule has 7 heteroatoms. The largest absolute Gasteiger partial charge is 0.493 e. The second kappa shape index (κ2) is 7.11. The predicted molar refractivity (Wildman–Crippen MR) is 79.6 cm³/mol. The molecule has 21 heavy (non-hydrogen) atoms. The first-order valence-corrected chi connectivity index (χ1v) is 8.70. The van der Waals surface area contributed by atoms with Crippen molar-refractivity contribution in [2.75, 3.05) is 31.8 Å². The molecule has 1 heterocycles. The van der Waals surface area contributed by atoms with E-state index < -0.39 is 15.9 Å². The molecule has 0 radical (unpaired) electrons. The Bertz CT molecular complexity index is 560. The normalized spacial score (nSPS) is 21.9. The highest BCUT2D eigenvalue weighted by Gasteiger charge is 2.27. The molecule has 2 atom stereocenters. The number of aliphatic hydroxyl groups excluding tert-OH is 1. The molecule has 6 nitrogen and oxygen atoms in total. The van der Waals surface area contributed by atoms with E-state index in [0.29, 0.717) is 24.5 Å². The van der Waals surface area contributed by atoms with Gasteiger partial charge in [0, 0.05) is 12.6 Å². The van der Waals surface area contributed by atoms with Crippen molar-refractivity contribution in [2.45, 2.75) is 18.6 Å². The number of aliphatic hydroxyl groups is 1. The van der Waals surface area contributed by atoms with Crippen LogP contribution in [0.3, 0.4) is 0 Å². The summed E-state index contributed by atoms with van der Waals surface area (Å²) in [7, 11) is -1.34. The molecule has 0 aromatic heterocycles. The average Bonchev–Trinajstić information content (AvgIpc) is 2.82. The molecule has 0 saturated carbocycles. The lowest BCUT2D eigenvalue weighted by Gasteiger charge is -2.17. The minimum absolute atomic E-state index is 0.0732. The van der Waals surface area contributed by atoms with Crippen molar-refractivity contribution in [1.29, 1.82) is 0 Å². The second-order valence-electron chi connectivity index (χ2n) is 5.12. The standard InChI is InChI=1S/C14H21NO5S/c1-19-13-4-2-3-5-14(13)20-9-12(16)8-15-11-6-7-21(17,18)10-11/h2-5,11-12,15-16H,6-10H2,1H3. The van der Waals surface area contributed by atoms with Crippen LogP contribution >= 0.6 is 0 Å². The third-order valence-corrected chi connectivity index (χ3v) is 5.14. The van der Waals surface area contributed by atoms with E-state index in [4.69, 9.17) is 9.47 Å². The van der Waals surface area contributed by atoms with Gasteiger partial charge in [-0.3, -0.25) is 0 Å². The molecule has 1 aromatic rings. The smallest absolute Gasteiger partial charge is 0.161 e. The molecule has 2 N–H and O–H groups in total. The number of nitrogens with one attached hydrogen (secondary N) is 1. The molecule has 0 amide bonds. The third kappa shape index (κ3) is 4.87. The van der Waals surface area contributed by atoms with Crippen molar-refractivity contribution in [3.63, 3.8) is 0 Å². The molecular formula is C14H21NO5S. The van der Waals surface area contributed by atoms with Crippen molar-refractivity contribution < 1.29 is 23.0 Å². The van der Waals surface area contributed by atoms with Crippen molar-refractivity contribution in [1.82, 2.24) is 5.32 Å². The van der Waals surface area contributed by atoms with Crippen molar-refractivity contribution >= 4 is 9.84 Å². The summed E-state index contributed by atoms with van der Waals surface area (Å²) >= 11 is 0. The van der Waals surface area contributed by atoms with Crippen LogP contribution in [0.1, 0.15) is 6.42 Å². The van der Waals surface area contributed by atoms with Gasteiger partial charge >= 0.3 is 0 Å². The van der Waals surface area contributed by atoms with Crippen LogP contribution in [0.5, 0.6) is 11.5 Å². The molecule has 1 fully saturated rings. The molecule has 1 saturated heterocycles. The lowest BCUT2D eigenvalue weighted by atomic mass is 10.2. The van der Waals surface area contributed by atoms with E-state index in [1.165, 1.54) is 0 Å². The van der Waals surface area contributed by atoms with Crippen molar-refractivity contribution in [2.24, 2.45) is 0 Å². The Morgan fingerprint density at radius 2 is 2.10 bits per heavy atom. The second-order valence-corrected chi connectivity index (χ2v) is 7.35. The number of hydrogen-bond donors (Lipinski definition) is 2. The lowest BCUT2D eigenvalue weighted by molar-refractivity contribution is 0.102. The van der Waals surface area contributed by atoms with E-state index in [9.17, 15) is 13.5 Å². The number of sulfone groups is 1. The summed E-state index contributed by atoms with van der Waals surface area (Å²) in [6, 6.07) is 7.14. The first-order chi connectivity index (χ1) is 10.00. The summed E-state index contributed by atoms with van der Waals surface area (Å²) in [6.07, 6.45) is -0.110. The molecule has 0 aliphatic carbocycles. The first kappa shape index (κ1) is 16.1. The molecule has 1 aliphatic rings. The molecule has 2 unspecified atom stereocenters. The number of benzene rings is 1. The average molecular weight is 315 g/mol. The molecule has 1 aromatic carbocycles. The van der Waals surface area contributed by atoms with E-state index in [-0.39, 0.29) is 24.2 Å². The number of para-hydroxylation sites is 2. The van der Waals surface area contributed by atoms with Gasteiger partial charge in [-0.25, -0.2) is 8.42 Å². The lowest BCUT2D eigenvalue weighted by Crippen LogP contribution is -2.38. The highest BCUT2D eigenvalue weighted by molar-refractivity contribution is 7.91. The van der Waals surface area contributed by atoms with Crippen molar-refractivity contribution in [3.05, 3.63) is 24.3 Å². The maximum absolute atomic E-state index is 11.3. The Morgan fingerprint density at radius 1 is 1.38 bits per heavy atom. The predicted octanol–water partition coefficient (Wildman–Crippen LogP) is 0.212. The molecule has 2 rings (SSSR count). The zero-order valence-electron chi connectivity index (χ0n) is 12.0. The fourth-order valence-corrected chi connectivity index (χ4v) is 3.95. The number of hydrogen-bond acceptors (Lipinski definition) is 6. The van der Waals surface area contributed by atoms with Crippen LogP contribution in [0.15, 0.2) is 24.3 Å². The summed E-state index contributed by atoms with van der Waals surface area (Å²) < 4.78 is 33.3. The van der Waals surface area contributed by atoms with E-state index in [1.54, 1.807) is 19.2 Å². The van der Waals surface area contributed by atoms with Crippen LogP contribution in [-0.4, -0.2) is 57.4 Å². The van der Waals surface area contributed by atoms with Crippen LogP contribution in [0.4, 0.5) is 0 Å². The fraction of sp³-hybridized carbons (Fsp3) is 0.571. The Hall–Kier alpha value is -1.31. The van der Waals surface area contributed by atoms with Crippen molar-refractivity contribution in [3.8, 4) is 11.5 Å². The Morgan fingerprint density at radius 3 is 2.71 bits per heavy atom. The maximum atomic E-state index is 11.3. The minimum Gasteiger partial charge on any atom is -0.493 e. The molecule has 118 valence electrons. The zero-order valence-corrected chi connectivity index (χ0v) is 12.8. The van der Waals surface area contributed by atoms with E-state index >= 15 is 0 Å². The van der Waals surface area contributed by atoms with Crippen LogP contribution < -0.4 is 14.8 Å². The van der Waals surface area contributed by atoms with Gasteiger partial charge in [0.15, 0.2) is 21.3 Å². The van der Waals surface area contributed by atoms with Gasteiger partial charge in [-0.1, -0.05) is 12.1 Å². The number of ether oxygens (including phenoxy) is 2. The third-order valence-electron chi connectivity index (χ3n) is 3.37. The van der Waals surface area contributed by atoms with Crippen LogP contribution in [-0.2, 0) is 9.84 Å². The van der Waals surface area contributed by atoms with E-state index in [1.807, 2.05) is 12.1 Å². The van der Waals surface area contributed by atoms with Gasteiger partial charge in [-0.2, -0.15) is 0 Å². The fourth-order valence-electron chi connectivity index (χ4n) is 2.24. The SMILES string of the molecule is COc1ccccc1OCC(O)CNC1CCS(=O)(=O)C1. The van der Waals surface area contributed by atoms with Gasteiger partial charge in [-0.05, 0) is 18.6 Å². The highest BCUT2D eigenvalue weighted by atomic mass is 32.2. The summed E-state index contributed by atoms with van der Waals surface area (Å²) in [6.45, 7) is 0.419. The minimum atomic E-state index is -2.90. The molecular weight excluding hydrogens is 294 g/mol. The quantitative estimate of drug-likeness (QED) is 0.748. The molecule has 0 bridgehead atoms. The van der Waals surface area contributed by atoms with Gasteiger partial charge in [0.05, 0.1) is 18.6 Å². The molecule has 1 aliphatic heterocycles. The van der Waals surface area contributed by atoms with Gasteiger partial charge in [0.25, 0.3) is 0 Å². The summed E-state index contributed by atoms with van der Waals surface area (Å²) in [5, 5.41) is 12.9. The monoisotopic (exact) mass is 315 g/mol. The number of methoxy groups -OCH3 is 1. The highest BCUT2D eigenvalue weighted by Crippen LogP contribution is 2.25. The van der Waals surface area contributed by atoms with Crippen LogP contribution in [0, 0.1) is 0 Å². The van der Waals surface area contributed by atoms with Gasteiger partial charge < -0.3 is 19.9 Å². The van der Waals surface area contributed by atoms with Crippen LogP contribution in [0.25, 0.3) is 0 Å². The van der Waals surface area contributed by atoms with E-state index in [2.05, 4.69) is 5.32 Å². The van der Waals surface area contributed by atoms with Gasteiger partial charge in [0.2, 0.25) is 0 Å². The van der Waals surface area contributed by atoms with Gasteiger partial charge in [0.1, 0.15) is 12.7 Å². The zero-order chi connectivity index (χ0) is 15.3. The van der Waals surface area contributed by atoms with E-state index in [0.717, 1.165) is 0 Å². The summed E-state index contributed by atoms with van der Waals surface area (Å²) in [4.78, 5) is 0. The Balaban J connectivity index is 1.74. The summed E-state index contributed by atoms with van der Waals surface area (Å²) in [5.74, 6) is 1.55. The summed E-state index contributed by atoms with van der Waals surface area (Å²) in [5.41, 5.74) is 0. The van der Waals surface area contributed by atoms with Gasteiger partial charge in [-0.15, -0.1) is 0 Å². The topological polar surface area (TPSA) is 84.9 Å². The first-order valence-electron chi connectivity index (χ1n) is 6.88. The Kier molecular flexibility index (Phi) is 5.44. The maximum Gasteiger partial charge on any atom is 0.161 e. The number of rotatable bonds is 7.